The largest absolute Gasteiger partial charge is 0.366 e. The molecule has 2 aromatic heterocycles. The van der Waals surface area contributed by atoms with Crippen LogP contribution in [0.1, 0.15) is 17.0 Å². The van der Waals surface area contributed by atoms with Gasteiger partial charge in [0.2, 0.25) is 0 Å². The van der Waals surface area contributed by atoms with Gasteiger partial charge in [-0.3, -0.25) is 0 Å². The first-order valence-corrected chi connectivity index (χ1v) is 6.25. The molecule has 0 fully saturated rings. The third-order valence-corrected chi connectivity index (χ3v) is 3.23. The van der Waals surface area contributed by atoms with Gasteiger partial charge in [-0.25, -0.2) is 4.98 Å². The molecule has 2 heterocycles. The Morgan fingerprint density at radius 1 is 1.11 bits per heavy atom. The quantitative estimate of drug-likeness (QED) is 0.776. The van der Waals surface area contributed by atoms with Crippen LogP contribution in [0.4, 0.5) is 5.82 Å². The second kappa shape index (κ2) is 4.72. The first-order valence-electron chi connectivity index (χ1n) is 6.25. The van der Waals surface area contributed by atoms with Crippen LogP contribution in [0.2, 0.25) is 0 Å². The number of hydrogen-bond donors (Lipinski definition) is 1. The number of hydrogen-bond acceptors (Lipinski definition) is 4. The molecule has 0 aliphatic rings. The molecular formula is C15H15N3O. The van der Waals surface area contributed by atoms with Crippen molar-refractivity contribution in [2.75, 3.05) is 5.32 Å². The van der Waals surface area contributed by atoms with Crippen LogP contribution < -0.4 is 5.32 Å². The maximum Gasteiger partial charge on any atom is 0.138 e. The van der Waals surface area contributed by atoms with E-state index in [0.29, 0.717) is 6.54 Å². The number of rotatable bonds is 3. The van der Waals surface area contributed by atoms with E-state index in [9.17, 15) is 0 Å². The molecule has 0 spiro atoms. The standard InChI is InChI=1S/C15H15N3O/c1-10-13(11(2)19-18-10)9-16-15-8-7-12-5-3-4-6-14(12)17-15/h3-8H,9H2,1-2H3,(H,16,17). The second-order valence-corrected chi connectivity index (χ2v) is 4.55. The van der Waals surface area contributed by atoms with E-state index < -0.39 is 0 Å². The van der Waals surface area contributed by atoms with Gasteiger partial charge in [-0.2, -0.15) is 0 Å². The van der Waals surface area contributed by atoms with Crippen molar-refractivity contribution >= 4 is 16.7 Å². The SMILES string of the molecule is Cc1noc(C)c1CNc1ccc2ccccc2n1. The third-order valence-electron chi connectivity index (χ3n) is 3.23. The van der Waals surface area contributed by atoms with E-state index >= 15 is 0 Å². The summed E-state index contributed by atoms with van der Waals surface area (Å²) in [6.07, 6.45) is 0. The minimum atomic E-state index is 0.673. The van der Waals surface area contributed by atoms with Gasteiger partial charge in [0.25, 0.3) is 0 Å². The van der Waals surface area contributed by atoms with Gasteiger partial charge in [-0.15, -0.1) is 0 Å². The minimum absolute atomic E-state index is 0.673. The Hall–Kier alpha value is -2.36. The van der Waals surface area contributed by atoms with Gasteiger partial charge in [-0.05, 0) is 32.0 Å². The second-order valence-electron chi connectivity index (χ2n) is 4.55. The normalized spacial score (nSPS) is 10.8. The van der Waals surface area contributed by atoms with Crippen LogP contribution in [-0.2, 0) is 6.54 Å². The lowest BCUT2D eigenvalue weighted by molar-refractivity contribution is 0.392. The summed E-state index contributed by atoms with van der Waals surface area (Å²) in [6.45, 7) is 4.54. The molecule has 3 rings (SSSR count). The molecule has 4 nitrogen and oxygen atoms in total. The Morgan fingerprint density at radius 2 is 1.95 bits per heavy atom. The van der Waals surface area contributed by atoms with Crippen LogP contribution in [0.3, 0.4) is 0 Å². The molecule has 4 heteroatoms. The van der Waals surface area contributed by atoms with Crippen LogP contribution in [-0.4, -0.2) is 10.1 Å². The molecule has 0 saturated heterocycles. The van der Waals surface area contributed by atoms with Gasteiger partial charge >= 0.3 is 0 Å². The summed E-state index contributed by atoms with van der Waals surface area (Å²) in [5.41, 5.74) is 3.01. The molecular weight excluding hydrogens is 238 g/mol. The van der Waals surface area contributed by atoms with Crippen molar-refractivity contribution < 1.29 is 4.52 Å². The molecule has 19 heavy (non-hydrogen) atoms. The lowest BCUT2D eigenvalue weighted by Gasteiger charge is -2.06. The molecule has 0 atom stereocenters. The molecule has 0 bridgehead atoms. The van der Waals surface area contributed by atoms with E-state index in [0.717, 1.165) is 33.7 Å². The number of nitrogens with zero attached hydrogens (tertiary/aromatic N) is 2. The van der Waals surface area contributed by atoms with Crippen molar-refractivity contribution in [2.24, 2.45) is 0 Å². The van der Waals surface area contributed by atoms with Crippen molar-refractivity contribution in [3.8, 4) is 0 Å². The molecule has 0 radical (unpaired) electrons. The van der Waals surface area contributed by atoms with Crippen molar-refractivity contribution in [3.05, 3.63) is 53.4 Å². The summed E-state index contributed by atoms with van der Waals surface area (Å²) < 4.78 is 5.14. The molecule has 1 aromatic carbocycles. The van der Waals surface area contributed by atoms with Crippen molar-refractivity contribution in [2.45, 2.75) is 20.4 Å². The average Bonchev–Trinajstić information content (AvgIpc) is 2.76. The predicted molar refractivity (Wildman–Crippen MR) is 75.0 cm³/mol. The van der Waals surface area contributed by atoms with Gasteiger partial charge in [-0.1, -0.05) is 23.4 Å². The smallest absolute Gasteiger partial charge is 0.138 e. The van der Waals surface area contributed by atoms with E-state index in [2.05, 4.69) is 27.6 Å². The highest BCUT2D eigenvalue weighted by atomic mass is 16.5. The summed E-state index contributed by atoms with van der Waals surface area (Å²) in [5, 5.41) is 8.40. The van der Waals surface area contributed by atoms with Gasteiger partial charge in [0.15, 0.2) is 0 Å². The topological polar surface area (TPSA) is 51.0 Å². The first-order chi connectivity index (χ1) is 9.24. The van der Waals surface area contributed by atoms with Crippen LogP contribution in [0, 0.1) is 13.8 Å². The summed E-state index contributed by atoms with van der Waals surface area (Å²) in [7, 11) is 0. The fourth-order valence-corrected chi connectivity index (χ4v) is 2.10. The Bertz CT molecular complexity index is 699. The number of nitrogens with one attached hydrogen (secondary N) is 1. The van der Waals surface area contributed by atoms with E-state index in [1.54, 1.807) is 0 Å². The predicted octanol–water partition coefficient (Wildman–Crippen LogP) is 3.45. The fraction of sp³-hybridized carbons (Fsp3) is 0.200. The molecule has 0 aliphatic heterocycles. The number of aromatic nitrogens is 2. The van der Waals surface area contributed by atoms with Crippen molar-refractivity contribution in [1.82, 2.24) is 10.1 Å². The van der Waals surface area contributed by atoms with Gasteiger partial charge in [0.1, 0.15) is 11.6 Å². The Labute approximate surface area is 111 Å². The van der Waals surface area contributed by atoms with Crippen LogP contribution in [0.15, 0.2) is 40.9 Å². The van der Waals surface area contributed by atoms with E-state index in [4.69, 9.17) is 4.52 Å². The number of aryl methyl sites for hydroxylation is 2. The number of para-hydroxylation sites is 1. The molecule has 0 unspecified atom stereocenters. The molecule has 3 aromatic rings. The number of pyridine rings is 1. The zero-order chi connectivity index (χ0) is 13.2. The van der Waals surface area contributed by atoms with Crippen LogP contribution in [0.5, 0.6) is 0 Å². The Kier molecular flexibility index (Phi) is 2.91. The van der Waals surface area contributed by atoms with Crippen molar-refractivity contribution in [1.29, 1.82) is 0 Å². The maximum atomic E-state index is 5.14. The third kappa shape index (κ3) is 2.29. The van der Waals surface area contributed by atoms with E-state index in [1.807, 2.05) is 38.1 Å². The molecule has 0 aliphatic carbocycles. The lowest BCUT2D eigenvalue weighted by atomic mass is 10.2. The summed E-state index contributed by atoms with van der Waals surface area (Å²) in [4.78, 5) is 4.57. The Balaban J connectivity index is 1.82. The van der Waals surface area contributed by atoms with Gasteiger partial charge < -0.3 is 9.84 Å². The first kappa shape index (κ1) is 11.7. The molecule has 1 N–H and O–H groups in total. The average molecular weight is 253 g/mol. The van der Waals surface area contributed by atoms with E-state index in [-0.39, 0.29) is 0 Å². The van der Waals surface area contributed by atoms with Crippen LogP contribution in [0.25, 0.3) is 10.9 Å². The number of benzene rings is 1. The van der Waals surface area contributed by atoms with Crippen LogP contribution >= 0.6 is 0 Å². The van der Waals surface area contributed by atoms with Gasteiger partial charge in [0.05, 0.1) is 11.2 Å². The monoisotopic (exact) mass is 253 g/mol. The van der Waals surface area contributed by atoms with Crippen molar-refractivity contribution in [3.63, 3.8) is 0 Å². The minimum Gasteiger partial charge on any atom is -0.366 e. The fourth-order valence-electron chi connectivity index (χ4n) is 2.10. The Morgan fingerprint density at radius 3 is 2.74 bits per heavy atom. The summed E-state index contributed by atoms with van der Waals surface area (Å²) >= 11 is 0. The molecule has 0 amide bonds. The lowest BCUT2D eigenvalue weighted by Crippen LogP contribution is -2.02. The highest BCUT2D eigenvalue weighted by Crippen LogP contribution is 2.17. The highest BCUT2D eigenvalue weighted by Gasteiger charge is 2.08. The summed E-state index contributed by atoms with van der Waals surface area (Å²) in [6, 6.07) is 12.1. The zero-order valence-electron chi connectivity index (χ0n) is 11.0. The maximum absolute atomic E-state index is 5.14. The van der Waals surface area contributed by atoms with Gasteiger partial charge in [0, 0.05) is 17.5 Å². The number of fused-ring (bicyclic) bond motifs is 1. The van der Waals surface area contributed by atoms with E-state index in [1.165, 1.54) is 0 Å². The molecule has 96 valence electrons. The number of anilines is 1. The highest BCUT2D eigenvalue weighted by molar-refractivity contribution is 5.80. The zero-order valence-corrected chi connectivity index (χ0v) is 11.0. The molecule has 0 saturated carbocycles. The summed E-state index contributed by atoms with van der Waals surface area (Å²) in [5.74, 6) is 1.71.